The summed E-state index contributed by atoms with van der Waals surface area (Å²) in [4.78, 5) is 0. The van der Waals surface area contributed by atoms with Crippen molar-refractivity contribution in [2.75, 3.05) is 0 Å². The summed E-state index contributed by atoms with van der Waals surface area (Å²) < 4.78 is 111. The summed E-state index contributed by atoms with van der Waals surface area (Å²) in [5.74, 6) is -20.1. The fraction of sp³-hybridized carbons (Fsp3) is 0.250. The summed E-state index contributed by atoms with van der Waals surface area (Å²) in [5, 5.41) is 8.58. The Morgan fingerprint density at radius 2 is 1.06 bits per heavy atom. The lowest BCUT2D eigenvalue weighted by atomic mass is 10.0. The van der Waals surface area contributed by atoms with Crippen LogP contribution in [0.5, 0.6) is 5.75 Å². The highest BCUT2D eigenvalue weighted by atomic mass is 19.4. The van der Waals surface area contributed by atoms with E-state index in [1.165, 1.54) is 0 Å². The van der Waals surface area contributed by atoms with Crippen LogP contribution in [0.15, 0.2) is 0 Å². The van der Waals surface area contributed by atoms with Crippen LogP contribution in [0.1, 0.15) is 5.56 Å². The molecule has 0 fully saturated rings. The van der Waals surface area contributed by atoms with E-state index >= 15 is 0 Å². The molecule has 0 aliphatic heterocycles. The number of halogens is 9. The Labute approximate surface area is 92.4 Å². The second kappa shape index (κ2) is 3.95. The van der Waals surface area contributed by atoms with Gasteiger partial charge in [-0.25, -0.2) is 13.2 Å². The van der Waals surface area contributed by atoms with Gasteiger partial charge in [0.15, 0.2) is 17.4 Å². The average Bonchev–Trinajstić information content (AvgIpc) is 2.22. The van der Waals surface area contributed by atoms with E-state index in [2.05, 4.69) is 0 Å². The zero-order chi connectivity index (χ0) is 14.5. The Balaban J connectivity index is 3.72. The van der Waals surface area contributed by atoms with Crippen molar-refractivity contribution in [2.24, 2.45) is 0 Å². The number of alkyl halides is 5. The number of hydrogen-bond donors (Lipinski definition) is 1. The van der Waals surface area contributed by atoms with Crippen molar-refractivity contribution in [3.05, 3.63) is 28.8 Å². The summed E-state index contributed by atoms with van der Waals surface area (Å²) in [6.07, 6.45) is -6.43. The number of rotatable bonds is 1. The molecule has 0 aliphatic carbocycles. The monoisotopic (exact) mass is 284 g/mol. The van der Waals surface area contributed by atoms with Crippen LogP contribution in [0.2, 0.25) is 0 Å². The number of phenols is 1. The summed E-state index contributed by atoms with van der Waals surface area (Å²) >= 11 is 0. The van der Waals surface area contributed by atoms with Crippen molar-refractivity contribution in [2.45, 2.75) is 12.1 Å². The minimum absolute atomic E-state index is 2.64. The first-order chi connectivity index (χ1) is 7.93. The molecule has 102 valence electrons. The highest BCUT2D eigenvalue weighted by Gasteiger charge is 2.62. The first kappa shape index (κ1) is 14.5. The standard InChI is InChI=1S/C8HF9O/c9-2-1(7(13,14)8(15,16)17)6(18)5(12)4(11)3(2)10/h18H. The molecule has 0 bridgehead atoms. The zero-order valence-electron chi connectivity index (χ0n) is 7.85. The molecule has 0 radical (unpaired) electrons. The lowest BCUT2D eigenvalue weighted by Crippen LogP contribution is -2.35. The van der Waals surface area contributed by atoms with Crippen molar-refractivity contribution in [3.63, 3.8) is 0 Å². The Bertz CT molecular complexity index is 461. The van der Waals surface area contributed by atoms with Crippen LogP contribution < -0.4 is 0 Å². The van der Waals surface area contributed by atoms with Gasteiger partial charge in [-0.15, -0.1) is 0 Å². The third-order valence-electron chi connectivity index (χ3n) is 1.91. The van der Waals surface area contributed by atoms with E-state index in [1.54, 1.807) is 0 Å². The van der Waals surface area contributed by atoms with Crippen molar-refractivity contribution >= 4 is 0 Å². The molecule has 18 heavy (non-hydrogen) atoms. The SMILES string of the molecule is Oc1c(F)c(F)c(F)c(F)c1C(F)(F)C(F)(F)F. The number of hydrogen-bond acceptors (Lipinski definition) is 1. The lowest BCUT2D eigenvalue weighted by molar-refractivity contribution is -0.291. The van der Waals surface area contributed by atoms with Gasteiger partial charge in [0.25, 0.3) is 0 Å². The van der Waals surface area contributed by atoms with Gasteiger partial charge in [0.1, 0.15) is 5.56 Å². The van der Waals surface area contributed by atoms with E-state index < -0.39 is 46.7 Å². The quantitative estimate of drug-likeness (QED) is 0.474. The Morgan fingerprint density at radius 1 is 0.667 bits per heavy atom. The van der Waals surface area contributed by atoms with Crippen LogP contribution in [0.3, 0.4) is 0 Å². The van der Waals surface area contributed by atoms with E-state index in [4.69, 9.17) is 5.11 Å². The molecule has 1 N–H and O–H groups in total. The van der Waals surface area contributed by atoms with E-state index in [-0.39, 0.29) is 0 Å². The Morgan fingerprint density at radius 3 is 1.44 bits per heavy atom. The molecule has 1 aromatic carbocycles. The molecule has 1 nitrogen and oxygen atoms in total. The smallest absolute Gasteiger partial charge is 0.458 e. The summed E-state index contributed by atoms with van der Waals surface area (Å²) in [6.45, 7) is 0. The van der Waals surface area contributed by atoms with Crippen LogP contribution in [0, 0.1) is 23.3 Å². The van der Waals surface area contributed by atoms with Crippen molar-refractivity contribution in [1.82, 2.24) is 0 Å². The minimum Gasteiger partial charge on any atom is -0.504 e. The maximum atomic E-state index is 12.8. The number of aromatic hydroxyl groups is 1. The largest absolute Gasteiger partial charge is 0.504 e. The molecular formula is C8HF9O. The normalized spacial score (nSPS) is 12.9. The van der Waals surface area contributed by atoms with Gasteiger partial charge in [-0.3, -0.25) is 0 Å². The van der Waals surface area contributed by atoms with Crippen LogP contribution in [-0.4, -0.2) is 11.3 Å². The predicted molar refractivity (Wildman–Crippen MR) is 37.9 cm³/mol. The fourth-order valence-electron chi connectivity index (χ4n) is 1.05. The van der Waals surface area contributed by atoms with Crippen LogP contribution in [-0.2, 0) is 5.92 Å². The minimum atomic E-state index is -6.43. The van der Waals surface area contributed by atoms with Gasteiger partial charge >= 0.3 is 12.1 Å². The van der Waals surface area contributed by atoms with E-state index in [9.17, 15) is 39.5 Å². The van der Waals surface area contributed by atoms with Crippen molar-refractivity contribution in [1.29, 1.82) is 0 Å². The topological polar surface area (TPSA) is 20.2 Å². The van der Waals surface area contributed by atoms with Gasteiger partial charge in [-0.05, 0) is 0 Å². The summed E-state index contributed by atoms with van der Waals surface area (Å²) in [6, 6.07) is 0. The molecule has 0 saturated heterocycles. The zero-order valence-corrected chi connectivity index (χ0v) is 7.85. The third kappa shape index (κ3) is 1.85. The van der Waals surface area contributed by atoms with Gasteiger partial charge in [0, 0.05) is 0 Å². The molecule has 0 atom stereocenters. The molecule has 0 heterocycles. The Hall–Kier alpha value is -1.61. The molecule has 0 spiro atoms. The number of benzene rings is 1. The predicted octanol–water partition coefficient (Wildman–Crippen LogP) is 3.60. The first-order valence-corrected chi connectivity index (χ1v) is 3.92. The molecule has 1 aromatic rings. The summed E-state index contributed by atoms with van der Waals surface area (Å²) in [7, 11) is 0. The van der Waals surface area contributed by atoms with Gasteiger partial charge < -0.3 is 5.11 Å². The maximum absolute atomic E-state index is 12.8. The van der Waals surface area contributed by atoms with Crippen molar-refractivity contribution < 1.29 is 44.6 Å². The van der Waals surface area contributed by atoms with E-state index in [0.717, 1.165) is 0 Å². The summed E-state index contributed by atoms with van der Waals surface area (Å²) in [5.41, 5.74) is -3.01. The second-order valence-corrected chi connectivity index (χ2v) is 3.05. The first-order valence-electron chi connectivity index (χ1n) is 3.92. The highest BCUT2D eigenvalue weighted by Crippen LogP contribution is 2.49. The fourth-order valence-corrected chi connectivity index (χ4v) is 1.05. The maximum Gasteiger partial charge on any atom is 0.458 e. The number of phenolic OH excluding ortho intramolecular Hbond substituents is 1. The Kier molecular flexibility index (Phi) is 3.17. The van der Waals surface area contributed by atoms with Crippen LogP contribution in [0.4, 0.5) is 39.5 Å². The molecule has 10 heteroatoms. The molecule has 0 unspecified atom stereocenters. The van der Waals surface area contributed by atoms with Gasteiger partial charge in [-0.1, -0.05) is 0 Å². The highest BCUT2D eigenvalue weighted by molar-refractivity contribution is 5.40. The molecular weight excluding hydrogens is 283 g/mol. The third-order valence-corrected chi connectivity index (χ3v) is 1.91. The van der Waals surface area contributed by atoms with Gasteiger partial charge in [-0.2, -0.15) is 26.3 Å². The second-order valence-electron chi connectivity index (χ2n) is 3.05. The molecule has 0 aromatic heterocycles. The van der Waals surface area contributed by atoms with E-state index in [1.807, 2.05) is 0 Å². The molecule has 0 saturated carbocycles. The van der Waals surface area contributed by atoms with Gasteiger partial charge in [0.05, 0.1) is 0 Å². The van der Waals surface area contributed by atoms with Gasteiger partial charge in [0.2, 0.25) is 11.6 Å². The lowest BCUT2D eigenvalue weighted by Gasteiger charge is -2.21. The average molecular weight is 284 g/mol. The van der Waals surface area contributed by atoms with Crippen molar-refractivity contribution in [3.8, 4) is 5.75 Å². The molecule has 0 amide bonds. The van der Waals surface area contributed by atoms with Crippen LogP contribution >= 0.6 is 0 Å². The molecule has 0 aliphatic rings. The van der Waals surface area contributed by atoms with Crippen LogP contribution in [0.25, 0.3) is 0 Å². The molecule has 1 rings (SSSR count). The van der Waals surface area contributed by atoms with E-state index in [0.29, 0.717) is 0 Å².